The van der Waals surface area contributed by atoms with Gasteiger partial charge in [-0.1, -0.05) is 38.1 Å². The topological polar surface area (TPSA) is 88.2 Å². The summed E-state index contributed by atoms with van der Waals surface area (Å²) in [6.45, 7) is 6.20. The standard InChI is InChI=1S/C22H25N3O3S2/c1-15(2)14-17-4-6-18(7-5-17)16(3)21(26)24-19-8-10-20(11-9-19)30(27,28)25-22-23-12-13-29-22/h4-13,15-16H,14H2,1-3H3,(H,23,25)(H,24,26). The number of rotatable bonds is 8. The van der Waals surface area contributed by atoms with Crippen molar-refractivity contribution in [1.29, 1.82) is 0 Å². The summed E-state index contributed by atoms with van der Waals surface area (Å²) in [5.41, 5.74) is 2.73. The smallest absolute Gasteiger partial charge is 0.263 e. The molecule has 158 valence electrons. The lowest BCUT2D eigenvalue weighted by Crippen LogP contribution is -2.19. The minimum absolute atomic E-state index is 0.101. The zero-order chi connectivity index (χ0) is 21.7. The van der Waals surface area contributed by atoms with E-state index in [9.17, 15) is 13.2 Å². The SMILES string of the molecule is CC(C)Cc1ccc(C(C)C(=O)Nc2ccc(S(=O)(=O)Nc3nccs3)cc2)cc1. The van der Waals surface area contributed by atoms with Crippen LogP contribution in [0.25, 0.3) is 0 Å². The summed E-state index contributed by atoms with van der Waals surface area (Å²) in [4.78, 5) is 16.6. The number of benzene rings is 2. The van der Waals surface area contributed by atoms with Crippen LogP contribution in [0.5, 0.6) is 0 Å². The molecule has 0 aliphatic rings. The molecule has 0 aliphatic carbocycles. The van der Waals surface area contributed by atoms with Crippen LogP contribution >= 0.6 is 11.3 Å². The third-order valence-electron chi connectivity index (χ3n) is 4.60. The number of thiazole rings is 1. The van der Waals surface area contributed by atoms with Crippen LogP contribution in [-0.4, -0.2) is 19.3 Å². The molecule has 0 bridgehead atoms. The number of carbonyl (C=O) groups is 1. The molecule has 1 heterocycles. The van der Waals surface area contributed by atoms with E-state index >= 15 is 0 Å². The number of amides is 1. The highest BCUT2D eigenvalue weighted by molar-refractivity contribution is 7.93. The zero-order valence-corrected chi connectivity index (χ0v) is 18.8. The number of nitrogens with zero attached hydrogens (tertiary/aromatic N) is 1. The van der Waals surface area contributed by atoms with Gasteiger partial charge in [-0.15, -0.1) is 11.3 Å². The number of anilines is 2. The molecule has 1 atom stereocenters. The maximum atomic E-state index is 12.6. The fourth-order valence-corrected chi connectivity index (χ4v) is 4.77. The zero-order valence-electron chi connectivity index (χ0n) is 17.1. The van der Waals surface area contributed by atoms with Crippen LogP contribution in [0.4, 0.5) is 10.8 Å². The minimum Gasteiger partial charge on any atom is -0.326 e. The lowest BCUT2D eigenvalue weighted by molar-refractivity contribution is -0.117. The molecule has 1 amide bonds. The normalized spacial score (nSPS) is 12.5. The lowest BCUT2D eigenvalue weighted by atomic mass is 9.96. The molecule has 0 saturated carbocycles. The molecule has 0 radical (unpaired) electrons. The quantitative estimate of drug-likeness (QED) is 0.519. The van der Waals surface area contributed by atoms with Gasteiger partial charge >= 0.3 is 0 Å². The van der Waals surface area contributed by atoms with Crippen molar-refractivity contribution in [3.05, 3.63) is 71.2 Å². The first kappa shape index (κ1) is 22.0. The summed E-state index contributed by atoms with van der Waals surface area (Å²) in [6, 6.07) is 14.2. The third kappa shape index (κ3) is 5.67. The van der Waals surface area contributed by atoms with E-state index in [4.69, 9.17) is 0 Å². The second-order valence-electron chi connectivity index (χ2n) is 7.52. The highest BCUT2D eigenvalue weighted by Gasteiger charge is 2.18. The minimum atomic E-state index is -3.72. The Hall–Kier alpha value is -2.71. The largest absolute Gasteiger partial charge is 0.326 e. The van der Waals surface area contributed by atoms with Crippen molar-refractivity contribution in [3.8, 4) is 0 Å². The van der Waals surface area contributed by atoms with Crippen LogP contribution in [0.1, 0.15) is 37.8 Å². The first-order valence-electron chi connectivity index (χ1n) is 9.66. The van der Waals surface area contributed by atoms with Crippen molar-refractivity contribution >= 4 is 38.1 Å². The molecule has 3 aromatic rings. The Labute approximate surface area is 181 Å². The Morgan fingerprint density at radius 2 is 1.70 bits per heavy atom. The summed E-state index contributed by atoms with van der Waals surface area (Å²) in [6.07, 6.45) is 2.54. The van der Waals surface area contributed by atoms with Gasteiger partial charge in [0.1, 0.15) is 0 Å². The van der Waals surface area contributed by atoms with Gasteiger partial charge in [-0.3, -0.25) is 9.52 Å². The molecule has 0 fully saturated rings. The van der Waals surface area contributed by atoms with Crippen molar-refractivity contribution in [2.45, 2.75) is 38.0 Å². The van der Waals surface area contributed by atoms with E-state index in [1.165, 1.54) is 35.2 Å². The van der Waals surface area contributed by atoms with E-state index in [0.29, 0.717) is 16.7 Å². The van der Waals surface area contributed by atoms with Crippen molar-refractivity contribution in [2.75, 3.05) is 10.0 Å². The monoisotopic (exact) mass is 443 g/mol. The van der Waals surface area contributed by atoms with Gasteiger partial charge in [-0.2, -0.15) is 0 Å². The van der Waals surface area contributed by atoms with Gasteiger partial charge in [0.05, 0.1) is 10.8 Å². The van der Waals surface area contributed by atoms with Gasteiger partial charge in [0.25, 0.3) is 10.0 Å². The van der Waals surface area contributed by atoms with Gasteiger partial charge in [-0.25, -0.2) is 13.4 Å². The number of hydrogen-bond acceptors (Lipinski definition) is 5. The highest BCUT2D eigenvalue weighted by atomic mass is 32.2. The molecule has 6 nitrogen and oxygen atoms in total. The Morgan fingerprint density at radius 1 is 1.03 bits per heavy atom. The first-order chi connectivity index (χ1) is 14.2. The highest BCUT2D eigenvalue weighted by Crippen LogP contribution is 2.22. The summed E-state index contributed by atoms with van der Waals surface area (Å²) in [7, 11) is -3.72. The molecular formula is C22H25N3O3S2. The average Bonchev–Trinajstić information content (AvgIpc) is 3.20. The lowest BCUT2D eigenvalue weighted by Gasteiger charge is -2.14. The summed E-state index contributed by atoms with van der Waals surface area (Å²) in [5.74, 6) is 0.108. The van der Waals surface area contributed by atoms with Gasteiger partial charge < -0.3 is 5.32 Å². The number of aromatic nitrogens is 1. The molecule has 0 spiro atoms. The second kappa shape index (κ2) is 9.40. The number of nitrogens with one attached hydrogen (secondary N) is 2. The fraction of sp³-hybridized carbons (Fsp3) is 0.273. The summed E-state index contributed by atoms with van der Waals surface area (Å²) < 4.78 is 27.2. The number of sulfonamides is 1. The maximum absolute atomic E-state index is 12.6. The Bertz CT molecular complexity index is 1080. The van der Waals surface area contributed by atoms with E-state index in [1.54, 1.807) is 17.5 Å². The average molecular weight is 444 g/mol. The maximum Gasteiger partial charge on any atom is 0.263 e. The molecule has 8 heteroatoms. The predicted molar refractivity (Wildman–Crippen MR) is 121 cm³/mol. The van der Waals surface area contributed by atoms with E-state index in [0.717, 1.165) is 12.0 Å². The molecule has 0 aliphatic heterocycles. The molecule has 1 aromatic heterocycles. The van der Waals surface area contributed by atoms with Crippen molar-refractivity contribution < 1.29 is 13.2 Å². The molecule has 30 heavy (non-hydrogen) atoms. The van der Waals surface area contributed by atoms with Gasteiger partial charge in [0.2, 0.25) is 5.91 Å². The van der Waals surface area contributed by atoms with Crippen molar-refractivity contribution in [2.24, 2.45) is 5.92 Å². The number of carbonyl (C=O) groups excluding carboxylic acids is 1. The molecular weight excluding hydrogens is 418 g/mol. The number of hydrogen-bond donors (Lipinski definition) is 2. The third-order valence-corrected chi connectivity index (χ3v) is 6.78. The molecule has 1 unspecified atom stereocenters. The Balaban J connectivity index is 1.63. The van der Waals surface area contributed by atoms with Crippen molar-refractivity contribution in [1.82, 2.24) is 4.98 Å². The Morgan fingerprint density at radius 3 is 2.27 bits per heavy atom. The van der Waals surface area contributed by atoms with E-state index in [1.807, 2.05) is 19.1 Å². The van der Waals surface area contributed by atoms with E-state index in [-0.39, 0.29) is 16.7 Å². The Kier molecular flexibility index (Phi) is 6.89. The molecule has 3 rings (SSSR count). The summed E-state index contributed by atoms with van der Waals surface area (Å²) in [5, 5.41) is 4.84. The molecule has 0 saturated heterocycles. The van der Waals surface area contributed by atoms with E-state index in [2.05, 4.69) is 41.0 Å². The van der Waals surface area contributed by atoms with Gasteiger partial charge in [-0.05, 0) is 54.7 Å². The second-order valence-corrected chi connectivity index (χ2v) is 10.1. The van der Waals surface area contributed by atoms with Crippen LogP contribution in [0.3, 0.4) is 0 Å². The van der Waals surface area contributed by atoms with Crippen LogP contribution in [0.2, 0.25) is 0 Å². The van der Waals surface area contributed by atoms with Crippen LogP contribution in [0.15, 0.2) is 65.0 Å². The molecule has 2 aromatic carbocycles. The summed E-state index contributed by atoms with van der Waals surface area (Å²) >= 11 is 1.20. The fourth-order valence-electron chi connectivity index (χ4n) is 2.98. The van der Waals surface area contributed by atoms with Crippen LogP contribution < -0.4 is 10.0 Å². The first-order valence-corrected chi connectivity index (χ1v) is 12.0. The van der Waals surface area contributed by atoms with Gasteiger partial charge in [0, 0.05) is 17.3 Å². The predicted octanol–water partition coefficient (Wildman–Crippen LogP) is 4.88. The van der Waals surface area contributed by atoms with Gasteiger partial charge in [0.15, 0.2) is 5.13 Å². The van der Waals surface area contributed by atoms with E-state index < -0.39 is 10.0 Å². The molecule has 2 N–H and O–H groups in total. The van der Waals surface area contributed by atoms with Crippen LogP contribution in [-0.2, 0) is 21.2 Å². The van der Waals surface area contributed by atoms with Crippen LogP contribution in [0, 0.1) is 5.92 Å². The van der Waals surface area contributed by atoms with Crippen molar-refractivity contribution in [3.63, 3.8) is 0 Å².